The van der Waals surface area contributed by atoms with Gasteiger partial charge in [0.1, 0.15) is 31.0 Å². The number of alkyl halides is 3. The van der Waals surface area contributed by atoms with Crippen molar-refractivity contribution in [1.29, 1.82) is 5.41 Å². The highest BCUT2D eigenvalue weighted by Gasteiger charge is 2.50. The van der Waals surface area contributed by atoms with Crippen LogP contribution in [0.4, 0.5) is 0 Å². The van der Waals surface area contributed by atoms with Gasteiger partial charge in [-0.2, -0.15) is 0 Å². The number of nitrogens with one attached hydrogen (secondary N) is 1. The standard InChI is InChI=1S/C32H34Cl3NO7/c1-22(37)42-29-27(21-41-31(36)32(33,34)35)43-26(20-38-17-23-11-5-2-6-12-23)28(39-18-24-13-7-3-8-14-24)30(29)40-19-25-15-9-4-10-16-25/h2-16,26-30,36H,17-21H2,1H3/t26?,27-,28-,29?,30?/m0/s1. The number of carbonyl (C=O) groups is 1. The van der Waals surface area contributed by atoms with Crippen LogP contribution in [-0.2, 0) is 53.0 Å². The van der Waals surface area contributed by atoms with Crippen molar-refractivity contribution in [3.63, 3.8) is 0 Å². The van der Waals surface area contributed by atoms with Gasteiger partial charge < -0.3 is 28.4 Å². The molecular formula is C32H34Cl3NO7. The Kier molecular flexibility index (Phi) is 12.7. The van der Waals surface area contributed by atoms with Crippen molar-refractivity contribution in [1.82, 2.24) is 0 Å². The first-order valence-corrected chi connectivity index (χ1v) is 14.9. The van der Waals surface area contributed by atoms with Crippen LogP contribution in [-0.4, -0.2) is 59.4 Å². The lowest BCUT2D eigenvalue weighted by atomic mass is 9.94. The Balaban J connectivity index is 1.62. The van der Waals surface area contributed by atoms with Crippen molar-refractivity contribution in [2.75, 3.05) is 13.2 Å². The van der Waals surface area contributed by atoms with Crippen molar-refractivity contribution >= 4 is 46.7 Å². The molecule has 1 heterocycles. The van der Waals surface area contributed by atoms with Gasteiger partial charge >= 0.3 is 5.97 Å². The summed E-state index contributed by atoms with van der Waals surface area (Å²) in [5, 5.41) is 8.01. The van der Waals surface area contributed by atoms with Gasteiger partial charge in [-0.25, -0.2) is 0 Å². The van der Waals surface area contributed by atoms with E-state index in [0.717, 1.165) is 16.7 Å². The van der Waals surface area contributed by atoms with Gasteiger partial charge in [0.15, 0.2) is 6.10 Å². The molecule has 3 aromatic carbocycles. The Morgan fingerprint density at radius 3 is 1.67 bits per heavy atom. The van der Waals surface area contributed by atoms with Gasteiger partial charge in [0.2, 0.25) is 5.90 Å². The third kappa shape index (κ3) is 10.5. The maximum absolute atomic E-state index is 12.3. The summed E-state index contributed by atoms with van der Waals surface area (Å²) in [5.41, 5.74) is 2.85. The molecule has 0 saturated carbocycles. The summed E-state index contributed by atoms with van der Waals surface area (Å²) < 4.78 is 34.6. The summed E-state index contributed by atoms with van der Waals surface area (Å²) in [4.78, 5) is 12.3. The van der Waals surface area contributed by atoms with E-state index in [9.17, 15) is 4.79 Å². The maximum atomic E-state index is 12.3. The first-order valence-electron chi connectivity index (χ1n) is 13.7. The minimum atomic E-state index is -2.08. The molecular weight excluding hydrogens is 617 g/mol. The molecule has 43 heavy (non-hydrogen) atoms. The van der Waals surface area contributed by atoms with E-state index in [1.54, 1.807) is 0 Å². The lowest BCUT2D eigenvalue weighted by molar-refractivity contribution is -0.269. The SMILES string of the molecule is CC(=O)OC1C(OCc2ccccc2)[C@@H](OCc2ccccc2)C(COCc2ccccc2)O[C@H]1COC(=N)C(Cl)(Cl)Cl. The molecule has 0 spiro atoms. The molecule has 1 N–H and O–H groups in total. The number of hydrogen-bond donors (Lipinski definition) is 1. The van der Waals surface area contributed by atoms with Crippen molar-refractivity contribution in [2.24, 2.45) is 0 Å². The van der Waals surface area contributed by atoms with Crippen LogP contribution >= 0.6 is 34.8 Å². The Bertz CT molecular complexity index is 1280. The zero-order valence-corrected chi connectivity index (χ0v) is 25.8. The van der Waals surface area contributed by atoms with Gasteiger partial charge in [0.25, 0.3) is 3.79 Å². The fourth-order valence-electron chi connectivity index (χ4n) is 4.63. The molecule has 0 aliphatic carbocycles. The molecule has 0 radical (unpaired) electrons. The second-order valence-corrected chi connectivity index (χ2v) is 12.2. The average molecular weight is 651 g/mol. The topological polar surface area (TPSA) is 96.3 Å². The summed E-state index contributed by atoms with van der Waals surface area (Å²) in [5.74, 6) is -1.15. The Hall–Kier alpha value is -2.69. The van der Waals surface area contributed by atoms with Gasteiger partial charge in [-0.15, -0.1) is 0 Å². The van der Waals surface area contributed by atoms with Crippen LogP contribution in [0.1, 0.15) is 23.6 Å². The van der Waals surface area contributed by atoms with Crippen molar-refractivity contribution < 1.29 is 33.2 Å². The van der Waals surface area contributed by atoms with Gasteiger partial charge in [-0.1, -0.05) is 126 Å². The summed E-state index contributed by atoms with van der Waals surface area (Å²) in [6, 6.07) is 29.0. The predicted molar refractivity (Wildman–Crippen MR) is 164 cm³/mol. The minimum absolute atomic E-state index is 0.130. The number of ether oxygens (including phenoxy) is 6. The zero-order chi connectivity index (χ0) is 30.7. The Morgan fingerprint density at radius 2 is 1.19 bits per heavy atom. The van der Waals surface area contributed by atoms with Gasteiger partial charge in [-0.05, 0) is 16.7 Å². The second kappa shape index (κ2) is 16.4. The van der Waals surface area contributed by atoms with Crippen LogP contribution in [0.25, 0.3) is 0 Å². The zero-order valence-electron chi connectivity index (χ0n) is 23.6. The van der Waals surface area contributed by atoms with E-state index in [0.29, 0.717) is 6.61 Å². The monoisotopic (exact) mass is 649 g/mol. The van der Waals surface area contributed by atoms with Crippen LogP contribution in [0.15, 0.2) is 91.0 Å². The predicted octanol–water partition coefficient (Wildman–Crippen LogP) is 6.44. The molecule has 230 valence electrons. The summed E-state index contributed by atoms with van der Waals surface area (Å²) in [7, 11) is 0. The first-order chi connectivity index (χ1) is 20.7. The molecule has 3 unspecified atom stereocenters. The third-order valence-electron chi connectivity index (χ3n) is 6.65. The number of carbonyl (C=O) groups excluding carboxylic acids is 1. The highest BCUT2D eigenvalue weighted by Crippen LogP contribution is 2.32. The average Bonchev–Trinajstić information content (AvgIpc) is 3.00. The summed E-state index contributed by atoms with van der Waals surface area (Å²) >= 11 is 17.5. The van der Waals surface area contributed by atoms with Gasteiger partial charge in [-0.3, -0.25) is 10.2 Å². The van der Waals surface area contributed by atoms with E-state index in [4.69, 9.17) is 68.6 Å². The molecule has 1 fully saturated rings. The first kappa shape index (κ1) is 33.2. The van der Waals surface area contributed by atoms with Crippen molar-refractivity contribution in [3.05, 3.63) is 108 Å². The van der Waals surface area contributed by atoms with Crippen LogP contribution < -0.4 is 0 Å². The highest BCUT2D eigenvalue weighted by molar-refractivity contribution is 6.76. The van der Waals surface area contributed by atoms with E-state index < -0.39 is 46.2 Å². The molecule has 4 rings (SSSR count). The number of esters is 1. The fourth-order valence-corrected chi connectivity index (χ4v) is 4.80. The fraction of sp³-hybridized carbons (Fsp3) is 0.375. The molecule has 0 aromatic heterocycles. The lowest BCUT2D eigenvalue weighted by Gasteiger charge is -2.45. The number of benzene rings is 3. The third-order valence-corrected chi connectivity index (χ3v) is 7.16. The van der Waals surface area contributed by atoms with E-state index in [1.165, 1.54) is 6.92 Å². The highest BCUT2D eigenvalue weighted by atomic mass is 35.6. The number of halogens is 3. The molecule has 1 saturated heterocycles. The van der Waals surface area contributed by atoms with Crippen molar-refractivity contribution in [2.45, 2.75) is 61.1 Å². The van der Waals surface area contributed by atoms with Crippen LogP contribution in [0.3, 0.4) is 0 Å². The molecule has 1 aliphatic rings. The maximum Gasteiger partial charge on any atom is 0.303 e. The molecule has 0 bridgehead atoms. The largest absolute Gasteiger partial charge is 0.475 e. The quantitative estimate of drug-likeness (QED) is 0.0985. The Labute approximate surface area is 266 Å². The van der Waals surface area contributed by atoms with Crippen molar-refractivity contribution in [3.8, 4) is 0 Å². The molecule has 0 amide bonds. The van der Waals surface area contributed by atoms with Gasteiger partial charge in [0.05, 0.1) is 26.4 Å². The molecule has 3 aromatic rings. The Morgan fingerprint density at radius 1 is 0.721 bits per heavy atom. The number of hydrogen-bond acceptors (Lipinski definition) is 8. The van der Waals surface area contributed by atoms with E-state index in [-0.39, 0.29) is 26.4 Å². The van der Waals surface area contributed by atoms with E-state index in [1.807, 2.05) is 91.0 Å². The minimum Gasteiger partial charge on any atom is -0.475 e. The lowest BCUT2D eigenvalue weighted by Crippen LogP contribution is -2.62. The second-order valence-electron chi connectivity index (χ2n) is 9.95. The molecule has 8 nitrogen and oxygen atoms in total. The molecule has 11 heteroatoms. The normalized spacial score (nSPS) is 22.1. The van der Waals surface area contributed by atoms with E-state index >= 15 is 0 Å². The molecule has 5 atom stereocenters. The number of rotatable bonds is 13. The van der Waals surface area contributed by atoms with Crippen LogP contribution in [0, 0.1) is 5.41 Å². The van der Waals surface area contributed by atoms with Crippen LogP contribution in [0.2, 0.25) is 0 Å². The van der Waals surface area contributed by atoms with Crippen LogP contribution in [0.5, 0.6) is 0 Å². The van der Waals surface area contributed by atoms with E-state index in [2.05, 4.69) is 0 Å². The summed E-state index contributed by atoms with van der Waals surface area (Å²) in [6.45, 7) is 1.98. The molecule has 1 aliphatic heterocycles. The smallest absolute Gasteiger partial charge is 0.303 e. The summed E-state index contributed by atoms with van der Waals surface area (Å²) in [6.07, 6.45) is -4.07. The van der Waals surface area contributed by atoms with Gasteiger partial charge in [0, 0.05) is 6.92 Å².